The summed E-state index contributed by atoms with van der Waals surface area (Å²) in [5, 5.41) is -0.0992. The molecule has 2 atom stereocenters. The van der Waals surface area contributed by atoms with Gasteiger partial charge in [0.2, 0.25) is 8.32 Å². The van der Waals surface area contributed by atoms with Crippen LogP contribution in [0.1, 0.15) is 39.2 Å². The summed E-state index contributed by atoms with van der Waals surface area (Å²) in [7, 11) is -2.27. The largest absolute Gasteiger partial charge is 0.542 e. The summed E-state index contributed by atoms with van der Waals surface area (Å²) >= 11 is 0. The smallest absolute Gasteiger partial charge is 0.305 e. The predicted molar refractivity (Wildman–Crippen MR) is 89.7 cm³/mol. The van der Waals surface area contributed by atoms with Gasteiger partial charge in [-0.15, -0.1) is 0 Å². The van der Waals surface area contributed by atoms with Crippen molar-refractivity contribution in [2.45, 2.75) is 57.7 Å². The van der Waals surface area contributed by atoms with Gasteiger partial charge in [-0.1, -0.05) is 58.0 Å². The molecule has 0 radical (unpaired) electrons. The highest BCUT2D eigenvalue weighted by Gasteiger charge is 2.53. The van der Waals surface area contributed by atoms with Crippen molar-refractivity contribution in [2.24, 2.45) is 5.92 Å². The van der Waals surface area contributed by atoms with Crippen molar-refractivity contribution < 1.29 is 13.2 Å². The number of allylic oxidation sites excluding steroid dienone is 2. The van der Waals surface area contributed by atoms with E-state index in [0.717, 1.165) is 5.56 Å². The van der Waals surface area contributed by atoms with E-state index < -0.39 is 20.2 Å². The minimum absolute atomic E-state index is 0.0992. The lowest BCUT2D eigenvalue weighted by atomic mass is 9.89. The zero-order valence-electron chi connectivity index (χ0n) is 14.3. The molecule has 0 spiro atoms. The van der Waals surface area contributed by atoms with Gasteiger partial charge in [-0.2, -0.15) is 8.78 Å². The van der Waals surface area contributed by atoms with Crippen LogP contribution in [0, 0.1) is 5.92 Å². The molecule has 1 aliphatic carbocycles. The van der Waals surface area contributed by atoms with Crippen LogP contribution in [0.25, 0.3) is 0 Å². The standard InChI is InChI=1S/C18H26F2OSi/c1-13-15(14-10-8-7-9-11-14)12-16(18(13,19)20)21-22(5,6)17(2,3)4/h7-13,15H,1-6H3/t13-,15+/m0/s1. The molecule has 1 aromatic carbocycles. The predicted octanol–water partition coefficient (Wildman–Crippen LogP) is 5.96. The van der Waals surface area contributed by atoms with Gasteiger partial charge < -0.3 is 4.43 Å². The summed E-state index contributed by atoms with van der Waals surface area (Å²) < 4.78 is 35.3. The third kappa shape index (κ3) is 2.98. The molecule has 4 heteroatoms. The van der Waals surface area contributed by atoms with Gasteiger partial charge >= 0.3 is 5.92 Å². The Morgan fingerprint density at radius 2 is 1.64 bits per heavy atom. The van der Waals surface area contributed by atoms with Gasteiger partial charge in [-0.05, 0) is 29.8 Å². The molecule has 2 rings (SSSR count). The molecule has 122 valence electrons. The number of rotatable bonds is 3. The second-order valence-electron chi connectivity index (χ2n) is 7.74. The van der Waals surface area contributed by atoms with E-state index in [4.69, 9.17) is 4.43 Å². The molecule has 0 aromatic heterocycles. The number of halogens is 2. The third-order valence-electron chi connectivity index (χ3n) is 5.13. The Balaban J connectivity index is 2.34. The van der Waals surface area contributed by atoms with Gasteiger partial charge in [0.25, 0.3) is 0 Å². The SMILES string of the molecule is C[C@H]1[C@H](c2ccccc2)C=C(O[Si](C)(C)C(C)(C)C)C1(F)F. The molecule has 0 saturated heterocycles. The molecule has 0 saturated carbocycles. The monoisotopic (exact) mass is 324 g/mol. The molecule has 0 unspecified atom stereocenters. The average molecular weight is 324 g/mol. The summed E-state index contributed by atoms with van der Waals surface area (Å²) in [5.41, 5.74) is 0.920. The lowest BCUT2D eigenvalue weighted by molar-refractivity contribution is -0.0356. The first kappa shape index (κ1) is 17.2. The maximum absolute atomic E-state index is 14.7. The van der Waals surface area contributed by atoms with Crippen molar-refractivity contribution >= 4 is 8.32 Å². The second-order valence-corrected chi connectivity index (χ2v) is 12.5. The molecule has 1 aliphatic rings. The fraction of sp³-hybridized carbons (Fsp3) is 0.556. The molecule has 0 aliphatic heterocycles. The van der Waals surface area contributed by atoms with Crippen molar-refractivity contribution in [1.82, 2.24) is 0 Å². The normalized spacial score (nSPS) is 25.0. The molecule has 1 aromatic rings. The van der Waals surface area contributed by atoms with Crippen LogP contribution in [-0.4, -0.2) is 14.2 Å². The highest BCUT2D eigenvalue weighted by atomic mass is 28.4. The summed E-state index contributed by atoms with van der Waals surface area (Å²) in [5.74, 6) is -4.11. The molecular weight excluding hydrogens is 298 g/mol. The first-order valence-corrected chi connectivity index (χ1v) is 10.7. The summed E-state index contributed by atoms with van der Waals surface area (Å²) in [4.78, 5) is 0. The Kier molecular flexibility index (Phi) is 4.28. The Morgan fingerprint density at radius 3 is 2.14 bits per heavy atom. The third-order valence-corrected chi connectivity index (χ3v) is 9.47. The number of alkyl halides is 2. The van der Waals surface area contributed by atoms with E-state index in [1.54, 1.807) is 13.0 Å². The summed E-state index contributed by atoms with van der Waals surface area (Å²) in [6, 6.07) is 9.49. The van der Waals surface area contributed by atoms with Crippen molar-refractivity contribution in [3.05, 3.63) is 47.7 Å². The minimum Gasteiger partial charge on any atom is -0.542 e. The van der Waals surface area contributed by atoms with Crippen molar-refractivity contribution in [3.63, 3.8) is 0 Å². The first-order valence-electron chi connectivity index (χ1n) is 7.81. The van der Waals surface area contributed by atoms with Gasteiger partial charge in [0.15, 0.2) is 0 Å². The zero-order valence-corrected chi connectivity index (χ0v) is 15.3. The van der Waals surface area contributed by atoms with Gasteiger partial charge in [0, 0.05) is 11.8 Å². The summed E-state index contributed by atoms with van der Waals surface area (Å²) in [6.45, 7) is 11.8. The van der Waals surface area contributed by atoms with Crippen LogP contribution >= 0.6 is 0 Å². The van der Waals surface area contributed by atoms with E-state index in [1.807, 2.05) is 43.4 Å². The summed E-state index contributed by atoms with van der Waals surface area (Å²) in [6.07, 6.45) is 1.64. The van der Waals surface area contributed by atoms with Gasteiger partial charge in [0.1, 0.15) is 5.76 Å². The quantitative estimate of drug-likeness (QED) is 0.623. The van der Waals surface area contributed by atoms with Gasteiger partial charge in [-0.25, -0.2) is 0 Å². The Bertz CT molecular complexity index is 558. The molecule has 22 heavy (non-hydrogen) atoms. The average Bonchev–Trinajstić information content (AvgIpc) is 2.62. The molecular formula is C18H26F2OSi. The minimum atomic E-state index is -2.91. The first-order chi connectivity index (χ1) is 9.97. The molecule has 0 fully saturated rings. The van der Waals surface area contributed by atoms with E-state index >= 15 is 0 Å². The van der Waals surface area contributed by atoms with Crippen molar-refractivity contribution in [1.29, 1.82) is 0 Å². The number of hydrogen-bond acceptors (Lipinski definition) is 1. The molecule has 0 heterocycles. The van der Waals surface area contributed by atoms with Crippen LogP contribution in [0.4, 0.5) is 8.78 Å². The fourth-order valence-electron chi connectivity index (χ4n) is 2.46. The Hall–Kier alpha value is -1.16. The van der Waals surface area contributed by atoms with Crippen LogP contribution in [0.2, 0.25) is 18.1 Å². The van der Waals surface area contributed by atoms with E-state index in [0.29, 0.717) is 0 Å². The van der Waals surface area contributed by atoms with Gasteiger partial charge in [0.05, 0.1) is 0 Å². The maximum atomic E-state index is 14.7. The number of benzene rings is 1. The van der Waals surface area contributed by atoms with E-state index in [2.05, 4.69) is 20.8 Å². The van der Waals surface area contributed by atoms with E-state index in [1.165, 1.54) is 0 Å². The number of hydrogen-bond donors (Lipinski definition) is 0. The molecule has 0 N–H and O–H groups in total. The van der Waals surface area contributed by atoms with E-state index in [-0.39, 0.29) is 16.7 Å². The van der Waals surface area contributed by atoms with Crippen molar-refractivity contribution in [3.8, 4) is 0 Å². The Labute approximate surface area is 133 Å². The highest BCUT2D eigenvalue weighted by Crippen LogP contribution is 2.51. The fourth-order valence-corrected chi connectivity index (χ4v) is 3.52. The van der Waals surface area contributed by atoms with Crippen LogP contribution in [-0.2, 0) is 4.43 Å². The van der Waals surface area contributed by atoms with Gasteiger partial charge in [-0.3, -0.25) is 0 Å². The molecule has 0 amide bonds. The molecule has 0 bridgehead atoms. The van der Waals surface area contributed by atoms with Crippen molar-refractivity contribution in [2.75, 3.05) is 0 Å². The topological polar surface area (TPSA) is 9.23 Å². The van der Waals surface area contributed by atoms with Crippen LogP contribution in [0.5, 0.6) is 0 Å². The Morgan fingerprint density at radius 1 is 1.09 bits per heavy atom. The van der Waals surface area contributed by atoms with Crippen LogP contribution < -0.4 is 0 Å². The van der Waals surface area contributed by atoms with Crippen LogP contribution in [0.15, 0.2) is 42.2 Å². The van der Waals surface area contributed by atoms with Crippen LogP contribution in [0.3, 0.4) is 0 Å². The highest BCUT2D eigenvalue weighted by molar-refractivity contribution is 6.74. The lowest BCUT2D eigenvalue weighted by Crippen LogP contribution is -2.43. The lowest BCUT2D eigenvalue weighted by Gasteiger charge is -2.38. The van der Waals surface area contributed by atoms with E-state index in [9.17, 15) is 8.78 Å². The zero-order chi connectivity index (χ0) is 16.8. The molecule has 1 nitrogen and oxygen atoms in total. The maximum Gasteiger partial charge on any atom is 0.305 e. The second kappa shape index (κ2) is 5.48.